The number of aliphatic hydroxyl groups is 1. The molecule has 2 aromatic heterocycles. The second-order valence-electron chi connectivity index (χ2n) is 10.8. The number of hydrogen-bond acceptors (Lipinski definition) is 7. The van der Waals surface area contributed by atoms with Gasteiger partial charge in [0.05, 0.1) is 29.0 Å². The highest BCUT2D eigenvalue weighted by Gasteiger charge is 2.49. The topological polar surface area (TPSA) is 129 Å². The van der Waals surface area contributed by atoms with Crippen LogP contribution in [0.1, 0.15) is 79.3 Å². The Morgan fingerprint density at radius 1 is 1.36 bits per heavy atom. The first-order valence-corrected chi connectivity index (χ1v) is 12.3. The predicted octanol–water partition coefficient (Wildman–Crippen LogP) is 3.83. The zero-order chi connectivity index (χ0) is 25.7. The molecule has 36 heavy (non-hydrogen) atoms. The Hall–Kier alpha value is -3.77. The van der Waals surface area contributed by atoms with E-state index in [1.165, 1.54) is 0 Å². The van der Waals surface area contributed by atoms with Crippen molar-refractivity contribution in [1.29, 1.82) is 5.26 Å². The molecule has 0 bridgehead atoms. The fourth-order valence-corrected chi connectivity index (χ4v) is 5.63. The molecule has 0 radical (unpaired) electrons. The van der Waals surface area contributed by atoms with Crippen LogP contribution in [0.25, 0.3) is 0 Å². The summed E-state index contributed by atoms with van der Waals surface area (Å²) in [4.78, 5) is 18.0. The number of aromatic nitrogens is 4. The summed E-state index contributed by atoms with van der Waals surface area (Å²) in [6, 6.07) is 11.7. The number of pyridine rings is 1. The van der Waals surface area contributed by atoms with E-state index >= 15 is 0 Å². The normalized spacial score (nSPS) is 22.6. The van der Waals surface area contributed by atoms with Crippen molar-refractivity contribution < 1.29 is 9.90 Å². The van der Waals surface area contributed by atoms with Crippen molar-refractivity contribution in [2.45, 2.75) is 57.0 Å². The van der Waals surface area contributed by atoms with Crippen LogP contribution in [0.4, 0.5) is 11.4 Å². The van der Waals surface area contributed by atoms with Crippen molar-refractivity contribution >= 4 is 17.3 Å². The van der Waals surface area contributed by atoms with Gasteiger partial charge in [0.2, 0.25) is 0 Å². The number of aliphatic hydroxyl groups excluding tert-OH is 1. The maximum atomic E-state index is 13.3. The maximum Gasteiger partial charge on any atom is 0.274 e. The molecule has 3 aromatic rings. The zero-order valence-electron chi connectivity index (χ0n) is 21.0. The molecule has 1 aromatic carbocycles. The van der Waals surface area contributed by atoms with Gasteiger partial charge < -0.3 is 20.3 Å². The molecule has 1 saturated carbocycles. The van der Waals surface area contributed by atoms with Gasteiger partial charge in [0.1, 0.15) is 17.8 Å². The minimum Gasteiger partial charge on any atom is -0.389 e. The molecule has 1 amide bonds. The average Bonchev–Trinajstić information content (AvgIpc) is 3.38. The lowest BCUT2D eigenvalue weighted by molar-refractivity contribution is 0.102. The number of carbonyl (C=O) groups excluding carboxylic acids is 1. The molecule has 1 fully saturated rings. The SMILES string of the molecule is CC(O)c1cc(C(=O)Nc2cccc(C3(c4nncn4C)CC(CC#N)C3)c2)nc2c1NCC2(C)C. The van der Waals surface area contributed by atoms with Crippen molar-refractivity contribution in [3.63, 3.8) is 0 Å². The van der Waals surface area contributed by atoms with Crippen LogP contribution in [0.3, 0.4) is 0 Å². The van der Waals surface area contributed by atoms with Gasteiger partial charge in [-0.3, -0.25) is 4.79 Å². The molecule has 3 N–H and O–H groups in total. The smallest absolute Gasteiger partial charge is 0.274 e. The predicted molar refractivity (Wildman–Crippen MR) is 136 cm³/mol. The minimum atomic E-state index is -0.732. The van der Waals surface area contributed by atoms with Gasteiger partial charge in [-0.05, 0) is 49.4 Å². The van der Waals surface area contributed by atoms with Gasteiger partial charge in [-0.15, -0.1) is 10.2 Å². The van der Waals surface area contributed by atoms with Crippen LogP contribution in [-0.2, 0) is 17.9 Å². The number of hydrogen-bond donors (Lipinski definition) is 3. The van der Waals surface area contributed by atoms with Crippen LogP contribution < -0.4 is 10.6 Å². The Bertz CT molecular complexity index is 1360. The Balaban J connectivity index is 1.46. The highest BCUT2D eigenvalue weighted by Crippen LogP contribution is 2.53. The first kappa shape index (κ1) is 23.9. The summed E-state index contributed by atoms with van der Waals surface area (Å²) in [5, 5.41) is 34.3. The van der Waals surface area contributed by atoms with E-state index in [2.05, 4.69) is 45.7 Å². The second-order valence-corrected chi connectivity index (χ2v) is 10.8. The summed E-state index contributed by atoms with van der Waals surface area (Å²) < 4.78 is 1.93. The van der Waals surface area contributed by atoms with Crippen LogP contribution in [-0.4, -0.2) is 37.3 Å². The molecule has 1 atom stereocenters. The van der Waals surface area contributed by atoms with Gasteiger partial charge in [-0.2, -0.15) is 5.26 Å². The third-order valence-electron chi connectivity index (χ3n) is 7.55. The van der Waals surface area contributed by atoms with E-state index in [4.69, 9.17) is 5.26 Å². The first-order chi connectivity index (χ1) is 17.1. The van der Waals surface area contributed by atoms with Gasteiger partial charge in [0.25, 0.3) is 5.91 Å². The lowest BCUT2D eigenvalue weighted by Gasteiger charge is -2.46. The van der Waals surface area contributed by atoms with Gasteiger partial charge >= 0.3 is 0 Å². The molecular formula is C27H31N7O2. The number of nitriles is 1. The first-order valence-electron chi connectivity index (χ1n) is 12.3. The largest absolute Gasteiger partial charge is 0.389 e. The van der Waals surface area contributed by atoms with E-state index in [0.29, 0.717) is 30.1 Å². The number of anilines is 2. The number of nitrogens with zero attached hydrogens (tertiary/aromatic N) is 5. The molecule has 0 saturated heterocycles. The number of aryl methyl sites for hydroxylation is 1. The molecule has 5 rings (SSSR count). The lowest BCUT2D eigenvalue weighted by atomic mass is 9.57. The van der Waals surface area contributed by atoms with Crippen molar-refractivity contribution in [2.24, 2.45) is 13.0 Å². The lowest BCUT2D eigenvalue weighted by Crippen LogP contribution is -2.44. The van der Waals surface area contributed by atoms with Crippen molar-refractivity contribution in [2.75, 3.05) is 17.2 Å². The van der Waals surface area contributed by atoms with Crippen LogP contribution in [0.15, 0.2) is 36.7 Å². The van der Waals surface area contributed by atoms with E-state index in [1.54, 1.807) is 19.3 Å². The van der Waals surface area contributed by atoms with E-state index < -0.39 is 6.10 Å². The van der Waals surface area contributed by atoms with E-state index in [1.807, 2.05) is 35.9 Å². The summed E-state index contributed by atoms with van der Waals surface area (Å²) in [6.45, 7) is 6.52. The standard InChI is InChI=1S/C27H31N7O2/c1-16(35)20-11-21(32-23-22(20)29-14-26(23,2)3)24(36)31-19-7-5-6-18(10-19)27(12-17(13-27)8-9-28)25-33-30-15-34(25)4/h5-7,10-11,15-17,29,35H,8,12-14H2,1-4H3,(H,31,36). The molecule has 1 aliphatic heterocycles. The quantitative estimate of drug-likeness (QED) is 0.484. The molecule has 2 aliphatic rings. The van der Waals surface area contributed by atoms with Gasteiger partial charge in [-0.25, -0.2) is 4.98 Å². The summed E-state index contributed by atoms with van der Waals surface area (Å²) in [5.74, 6) is 0.830. The number of fused-ring (bicyclic) bond motifs is 1. The Morgan fingerprint density at radius 3 is 2.81 bits per heavy atom. The van der Waals surface area contributed by atoms with Crippen molar-refractivity contribution in [3.05, 3.63) is 65.0 Å². The van der Waals surface area contributed by atoms with Crippen LogP contribution >= 0.6 is 0 Å². The third kappa shape index (κ3) is 3.91. The number of amides is 1. The maximum absolute atomic E-state index is 13.3. The van der Waals surface area contributed by atoms with Gasteiger partial charge in [0.15, 0.2) is 0 Å². The molecule has 1 unspecified atom stereocenters. The Kier molecular flexibility index (Phi) is 5.80. The minimum absolute atomic E-state index is 0.248. The van der Waals surface area contributed by atoms with E-state index in [9.17, 15) is 9.90 Å². The summed E-state index contributed by atoms with van der Waals surface area (Å²) in [6.07, 6.45) is 3.07. The molecule has 3 heterocycles. The summed E-state index contributed by atoms with van der Waals surface area (Å²) in [7, 11) is 1.93. The molecule has 0 spiro atoms. The average molecular weight is 486 g/mol. The Morgan fingerprint density at radius 2 is 2.14 bits per heavy atom. The van der Waals surface area contributed by atoms with E-state index in [0.717, 1.165) is 35.6 Å². The number of benzene rings is 1. The van der Waals surface area contributed by atoms with E-state index in [-0.39, 0.29) is 22.4 Å². The highest BCUT2D eigenvalue weighted by molar-refractivity contribution is 6.03. The van der Waals surface area contributed by atoms with Crippen LogP contribution in [0.5, 0.6) is 0 Å². The summed E-state index contributed by atoms with van der Waals surface area (Å²) in [5.41, 5.74) is 3.63. The zero-order valence-corrected chi connectivity index (χ0v) is 21.0. The fourth-order valence-electron chi connectivity index (χ4n) is 5.63. The van der Waals surface area contributed by atoms with Crippen LogP contribution in [0.2, 0.25) is 0 Å². The monoisotopic (exact) mass is 485 g/mol. The molecule has 186 valence electrons. The fraction of sp³-hybridized carbons (Fsp3) is 0.444. The van der Waals surface area contributed by atoms with Crippen molar-refractivity contribution in [3.8, 4) is 6.07 Å². The number of nitrogens with one attached hydrogen (secondary N) is 2. The van der Waals surface area contributed by atoms with Crippen LogP contribution in [0, 0.1) is 17.2 Å². The number of carbonyl (C=O) groups is 1. The van der Waals surface area contributed by atoms with Gasteiger partial charge in [0, 0.05) is 36.7 Å². The molecule has 9 nitrogen and oxygen atoms in total. The third-order valence-corrected chi connectivity index (χ3v) is 7.55. The van der Waals surface area contributed by atoms with Crippen molar-refractivity contribution in [1.82, 2.24) is 19.7 Å². The molecule has 9 heteroatoms. The molecular weight excluding hydrogens is 454 g/mol. The molecule has 1 aliphatic carbocycles. The van der Waals surface area contributed by atoms with Gasteiger partial charge in [-0.1, -0.05) is 26.0 Å². The highest BCUT2D eigenvalue weighted by atomic mass is 16.3. The second kappa shape index (κ2) is 8.71. The Labute approximate surface area is 210 Å². The number of rotatable bonds is 6. The summed E-state index contributed by atoms with van der Waals surface area (Å²) >= 11 is 0.